The molecule has 0 aromatic heterocycles. The number of carbonyl (C=O) groups is 1. The van der Waals surface area contributed by atoms with E-state index in [0.29, 0.717) is 17.9 Å². The molecule has 0 aliphatic carbocycles. The van der Waals surface area contributed by atoms with E-state index in [1.165, 1.54) is 12.8 Å². The van der Waals surface area contributed by atoms with Crippen LogP contribution in [0.15, 0.2) is 24.3 Å². The molecule has 4 nitrogen and oxygen atoms in total. The first kappa shape index (κ1) is 15.5. The summed E-state index contributed by atoms with van der Waals surface area (Å²) in [4.78, 5) is 11.5. The Morgan fingerprint density at radius 3 is 2.84 bits per heavy atom. The first-order valence-corrected chi connectivity index (χ1v) is 6.82. The fourth-order valence-electron chi connectivity index (χ4n) is 1.70. The molecule has 0 saturated heterocycles. The Kier molecular flexibility index (Phi) is 7.66. The van der Waals surface area contributed by atoms with E-state index in [-0.39, 0.29) is 19.1 Å². The number of carbonyl (C=O) groups excluding carboxylic acids is 1. The normalized spacial score (nSPS) is 10.2. The van der Waals surface area contributed by atoms with Crippen LogP contribution in [0.5, 0.6) is 5.75 Å². The van der Waals surface area contributed by atoms with E-state index in [1.54, 1.807) is 24.3 Å². The Morgan fingerprint density at radius 1 is 1.26 bits per heavy atom. The van der Waals surface area contributed by atoms with Crippen LogP contribution in [0.3, 0.4) is 0 Å². The van der Waals surface area contributed by atoms with Gasteiger partial charge >= 0.3 is 0 Å². The molecule has 1 radical (unpaired) electrons. The van der Waals surface area contributed by atoms with Crippen LogP contribution < -0.4 is 10.1 Å². The summed E-state index contributed by atoms with van der Waals surface area (Å²) in [5.74, 6) is 0.443. The van der Waals surface area contributed by atoms with E-state index in [2.05, 4.69) is 12.2 Å². The van der Waals surface area contributed by atoms with E-state index in [0.717, 1.165) is 12.8 Å². The second-order valence-corrected chi connectivity index (χ2v) is 4.49. The Balaban J connectivity index is 2.18. The van der Waals surface area contributed by atoms with Gasteiger partial charge < -0.3 is 10.1 Å². The average molecular weight is 264 g/mol. The lowest BCUT2D eigenvalue weighted by molar-refractivity contribution is -0.123. The van der Waals surface area contributed by atoms with Gasteiger partial charge in [0.15, 0.2) is 6.61 Å². The third-order valence-electron chi connectivity index (χ3n) is 2.79. The topological polar surface area (TPSA) is 58.2 Å². The third kappa shape index (κ3) is 6.82. The van der Waals surface area contributed by atoms with Gasteiger partial charge in [-0.05, 0) is 24.1 Å². The van der Waals surface area contributed by atoms with Gasteiger partial charge in [0.05, 0.1) is 0 Å². The van der Waals surface area contributed by atoms with Crippen LogP contribution in [0, 0.1) is 0 Å². The van der Waals surface area contributed by atoms with Crippen LogP contribution in [-0.4, -0.2) is 19.1 Å². The molecule has 0 atom stereocenters. The highest BCUT2D eigenvalue weighted by atomic mass is 16.5. The van der Waals surface area contributed by atoms with Crippen molar-refractivity contribution in [3.63, 3.8) is 0 Å². The molecule has 0 bridgehead atoms. The van der Waals surface area contributed by atoms with E-state index < -0.39 is 0 Å². The van der Waals surface area contributed by atoms with E-state index >= 15 is 0 Å². The Labute approximate surface area is 114 Å². The van der Waals surface area contributed by atoms with Crippen LogP contribution in [-0.2, 0) is 16.5 Å². The quantitative estimate of drug-likeness (QED) is 0.697. The lowest BCUT2D eigenvalue weighted by Crippen LogP contribution is -2.29. The molecule has 0 aliphatic heterocycles. The van der Waals surface area contributed by atoms with Crippen molar-refractivity contribution in [1.82, 2.24) is 5.32 Å². The summed E-state index contributed by atoms with van der Waals surface area (Å²) in [6.07, 6.45) is 4.54. The summed E-state index contributed by atoms with van der Waals surface area (Å²) in [7, 11) is 0. The molecule has 19 heavy (non-hydrogen) atoms. The molecule has 4 heteroatoms. The van der Waals surface area contributed by atoms with Gasteiger partial charge in [-0.1, -0.05) is 38.3 Å². The van der Waals surface area contributed by atoms with Crippen molar-refractivity contribution in [3.05, 3.63) is 29.8 Å². The Hall–Kier alpha value is -1.55. The predicted molar refractivity (Wildman–Crippen MR) is 73.5 cm³/mol. The summed E-state index contributed by atoms with van der Waals surface area (Å²) in [5.41, 5.74) is 0.664. The molecule has 1 rings (SSSR count). The van der Waals surface area contributed by atoms with Crippen molar-refractivity contribution >= 4 is 5.91 Å². The zero-order valence-electron chi connectivity index (χ0n) is 11.5. The van der Waals surface area contributed by atoms with Crippen molar-refractivity contribution in [2.75, 3.05) is 13.2 Å². The largest absolute Gasteiger partial charge is 0.484 e. The maximum atomic E-state index is 11.5. The lowest BCUT2D eigenvalue weighted by atomic mass is 10.2. The lowest BCUT2D eigenvalue weighted by Gasteiger charge is -2.08. The fraction of sp³-hybridized carbons (Fsp3) is 0.533. The molecule has 0 saturated carbocycles. The zero-order chi connectivity index (χ0) is 13.9. The molecule has 1 amide bonds. The summed E-state index contributed by atoms with van der Waals surface area (Å²) in [6.45, 7) is 2.57. The van der Waals surface area contributed by atoms with Gasteiger partial charge in [0.25, 0.3) is 5.91 Å². The predicted octanol–water partition coefficient (Wildman–Crippen LogP) is 2.69. The van der Waals surface area contributed by atoms with Crippen LogP contribution >= 0.6 is 0 Å². The SMILES string of the molecule is CCCCCCNC(=O)COc1cccc(C[O])c1. The highest BCUT2D eigenvalue weighted by molar-refractivity contribution is 5.77. The van der Waals surface area contributed by atoms with Crippen LogP contribution in [0.2, 0.25) is 0 Å². The maximum Gasteiger partial charge on any atom is 0.257 e. The van der Waals surface area contributed by atoms with E-state index in [9.17, 15) is 9.90 Å². The highest BCUT2D eigenvalue weighted by Crippen LogP contribution is 2.13. The minimum absolute atomic E-state index is 0.00388. The van der Waals surface area contributed by atoms with Crippen molar-refractivity contribution < 1.29 is 14.6 Å². The number of ether oxygens (including phenoxy) is 1. The standard InChI is InChI=1S/C15H22NO3/c1-2-3-4-5-9-16-15(18)12-19-14-8-6-7-13(10-14)11-17/h6-8,10H,2-5,9,11-12H2,1H3,(H,16,18). The molecule has 1 aromatic carbocycles. The molecule has 105 valence electrons. The first-order valence-electron chi connectivity index (χ1n) is 6.82. The Bertz CT molecular complexity index is 379. The minimum Gasteiger partial charge on any atom is -0.484 e. The summed E-state index contributed by atoms with van der Waals surface area (Å²) >= 11 is 0. The molecule has 0 fully saturated rings. The first-order chi connectivity index (χ1) is 9.26. The molecule has 1 aromatic rings. The number of amides is 1. The van der Waals surface area contributed by atoms with Gasteiger partial charge in [0.1, 0.15) is 12.4 Å². The molecule has 0 unspecified atom stereocenters. The Morgan fingerprint density at radius 2 is 2.11 bits per heavy atom. The zero-order valence-corrected chi connectivity index (χ0v) is 11.5. The van der Waals surface area contributed by atoms with Crippen molar-refractivity contribution in [2.45, 2.75) is 39.2 Å². The molecular weight excluding hydrogens is 242 g/mol. The van der Waals surface area contributed by atoms with Crippen LogP contribution in [0.4, 0.5) is 0 Å². The molecule has 0 spiro atoms. The van der Waals surface area contributed by atoms with Gasteiger partial charge in [-0.15, -0.1) is 0 Å². The maximum absolute atomic E-state index is 11.5. The van der Waals surface area contributed by atoms with Gasteiger partial charge in [-0.3, -0.25) is 4.79 Å². The number of hydrogen-bond donors (Lipinski definition) is 1. The second kappa shape index (κ2) is 9.39. The summed E-state index contributed by atoms with van der Waals surface area (Å²) < 4.78 is 5.34. The van der Waals surface area contributed by atoms with Crippen molar-refractivity contribution in [1.29, 1.82) is 0 Å². The summed E-state index contributed by atoms with van der Waals surface area (Å²) in [5, 5.41) is 13.5. The number of rotatable bonds is 9. The average Bonchev–Trinajstić information content (AvgIpc) is 2.45. The minimum atomic E-state index is -0.277. The smallest absolute Gasteiger partial charge is 0.257 e. The molecule has 0 heterocycles. The number of unbranched alkanes of at least 4 members (excludes halogenated alkanes) is 3. The van der Waals surface area contributed by atoms with Crippen LogP contribution in [0.25, 0.3) is 0 Å². The van der Waals surface area contributed by atoms with Gasteiger partial charge in [0.2, 0.25) is 0 Å². The second-order valence-electron chi connectivity index (χ2n) is 4.49. The molecule has 0 aliphatic rings. The fourth-order valence-corrected chi connectivity index (χ4v) is 1.70. The van der Waals surface area contributed by atoms with E-state index in [1.807, 2.05) is 0 Å². The highest BCUT2D eigenvalue weighted by Gasteiger charge is 2.02. The monoisotopic (exact) mass is 264 g/mol. The molecule has 1 N–H and O–H groups in total. The third-order valence-corrected chi connectivity index (χ3v) is 2.79. The number of nitrogens with one attached hydrogen (secondary N) is 1. The van der Waals surface area contributed by atoms with E-state index in [4.69, 9.17) is 4.74 Å². The summed E-state index contributed by atoms with van der Waals surface area (Å²) in [6, 6.07) is 6.91. The van der Waals surface area contributed by atoms with Crippen molar-refractivity contribution in [2.24, 2.45) is 0 Å². The molecular formula is C15H22NO3. The number of benzene rings is 1. The van der Waals surface area contributed by atoms with Crippen LogP contribution in [0.1, 0.15) is 38.2 Å². The van der Waals surface area contributed by atoms with Gasteiger partial charge in [-0.2, -0.15) is 0 Å². The van der Waals surface area contributed by atoms with Gasteiger partial charge in [0, 0.05) is 6.54 Å². The van der Waals surface area contributed by atoms with Gasteiger partial charge in [-0.25, -0.2) is 5.11 Å². The van der Waals surface area contributed by atoms with Crippen molar-refractivity contribution in [3.8, 4) is 5.75 Å². The number of hydrogen-bond acceptors (Lipinski definition) is 2.